The van der Waals surface area contributed by atoms with Crippen LogP contribution in [0.5, 0.6) is 0 Å². The van der Waals surface area contributed by atoms with E-state index in [1.807, 2.05) is 4.90 Å². The van der Waals surface area contributed by atoms with E-state index in [4.69, 9.17) is 4.42 Å². The van der Waals surface area contributed by atoms with Crippen molar-refractivity contribution >= 4 is 21.8 Å². The van der Waals surface area contributed by atoms with Crippen LogP contribution in [0.25, 0.3) is 0 Å². The number of aryl methyl sites for hydroxylation is 1. The molecule has 2 saturated heterocycles. The van der Waals surface area contributed by atoms with Gasteiger partial charge in [0.2, 0.25) is 15.9 Å². The molecule has 1 aromatic carbocycles. The molecule has 2 amide bonds. The summed E-state index contributed by atoms with van der Waals surface area (Å²) in [5.74, 6) is 0.484. The third-order valence-corrected chi connectivity index (χ3v) is 7.71. The minimum absolute atomic E-state index is 0.0317. The lowest BCUT2D eigenvalue weighted by atomic mass is 9.94. The molecule has 0 saturated carbocycles. The van der Waals surface area contributed by atoms with Crippen molar-refractivity contribution in [2.24, 2.45) is 5.92 Å². The van der Waals surface area contributed by atoms with E-state index >= 15 is 0 Å². The van der Waals surface area contributed by atoms with Crippen LogP contribution in [0.1, 0.15) is 47.4 Å². The summed E-state index contributed by atoms with van der Waals surface area (Å²) in [4.78, 5) is 29.5. The Balaban J connectivity index is 1.42. The fourth-order valence-electron chi connectivity index (χ4n) is 4.36. The molecular formula is C23H29N3O5S. The van der Waals surface area contributed by atoms with Crippen molar-refractivity contribution in [3.63, 3.8) is 0 Å². The molecule has 4 rings (SSSR count). The summed E-state index contributed by atoms with van der Waals surface area (Å²) in [5, 5.41) is 0. The third kappa shape index (κ3) is 4.88. The Bertz CT molecular complexity index is 1070. The summed E-state index contributed by atoms with van der Waals surface area (Å²) in [6.07, 6.45) is 4.90. The molecule has 0 unspecified atom stereocenters. The van der Waals surface area contributed by atoms with Gasteiger partial charge in [-0.1, -0.05) is 6.07 Å². The fourth-order valence-corrected chi connectivity index (χ4v) is 5.38. The van der Waals surface area contributed by atoms with Gasteiger partial charge in [0.1, 0.15) is 5.76 Å². The molecule has 2 aliphatic heterocycles. The van der Waals surface area contributed by atoms with E-state index in [-0.39, 0.29) is 29.2 Å². The van der Waals surface area contributed by atoms with E-state index in [0.717, 1.165) is 31.5 Å². The van der Waals surface area contributed by atoms with Crippen LogP contribution in [0.3, 0.4) is 0 Å². The topological polar surface area (TPSA) is 99.9 Å². The molecule has 0 radical (unpaired) electrons. The number of rotatable bonds is 6. The largest absolute Gasteiger partial charge is 0.468 e. The molecule has 1 aromatic heterocycles. The van der Waals surface area contributed by atoms with Gasteiger partial charge in [-0.2, -0.15) is 0 Å². The minimum Gasteiger partial charge on any atom is -0.468 e. The highest BCUT2D eigenvalue weighted by Crippen LogP contribution is 2.25. The molecule has 2 fully saturated rings. The van der Waals surface area contributed by atoms with E-state index in [2.05, 4.69) is 4.72 Å². The Morgan fingerprint density at radius 1 is 1.06 bits per heavy atom. The van der Waals surface area contributed by atoms with E-state index in [9.17, 15) is 18.0 Å². The van der Waals surface area contributed by atoms with Gasteiger partial charge in [0.15, 0.2) is 0 Å². The van der Waals surface area contributed by atoms with E-state index in [0.29, 0.717) is 37.3 Å². The average molecular weight is 460 g/mol. The maximum atomic E-state index is 13.2. The number of hydrogen-bond acceptors (Lipinski definition) is 5. The second-order valence-electron chi connectivity index (χ2n) is 8.48. The van der Waals surface area contributed by atoms with Crippen LogP contribution in [0.15, 0.2) is 45.9 Å². The zero-order valence-corrected chi connectivity index (χ0v) is 19.1. The lowest BCUT2D eigenvalue weighted by Crippen LogP contribution is -2.44. The van der Waals surface area contributed by atoms with Crippen molar-refractivity contribution in [2.45, 2.75) is 44.0 Å². The van der Waals surface area contributed by atoms with Crippen LogP contribution in [-0.2, 0) is 21.4 Å². The fraction of sp³-hybridized carbons (Fsp3) is 0.478. The van der Waals surface area contributed by atoms with E-state index in [1.54, 1.807) is 30.0 Å². The van der Waals surface area contributed by atoms with Gasteiger partial charge in [-0.3, -0.25) is 9.59 Å². The van der Waals surface area contributed by atoms with Crippen LogP contribution < -0.4 is 4.72 Å². The molecule has 3 heterocycles. The SMILES string of the molecule is Cc1ccc(S(=O)(=O)NCc2ccco2)cc1C(=O)N1CCC(C(=O)N2CCCC2)CC1. The van der Waals surface area contributed by atoms with Crippen molar-refractivity contribution in [1.29, 1.82) is 0 Å². The summed E-state index contributed by atoms with van der Waals surface area (Å²) in [6, 6.07) is 7.96. The number of carbonyl (C=O) groups excluding carboxylic acids is 2. The number of sulfonamides is 1. The summed E-state index contributed by atoms with van der Waals surface area (Å²) in [6.45, 7) is 4.50. The lowest BCUT2D eigenvalue weighted by molar-refractivity contribution is -0.135. The molecule has 0 atom stereocenters. The van der Waals surface area contributed by atoms with Crippen LogP contribution >= 0.6 is 0 Å². The zero-order valence-electron chi connectivity index (χ0n) is 18.2. The normalized spacial score (nSPS) is 17.7. The molecule has 0 aliphatic carbocycles. The van der Waals surface area contributed by atoms with Gasteiger partial charge < -0.3 is 14.2 Å². The van der Waals surface area contributed by atoms with Crippen LogP contribution in [0, 0.1) is 12.8 Å². The van der Waals surface area contributed by atoms with Crippen molar-refractivity contribution in [1.82, 2.24) is 14.5 Å². The van der Waals surface area contributed by atoms with Gasteiger partial charge in [-0.15, -0.1) is 0 Å². The average Bonchev–Trinajstić information content (AvgIpc) is 3.51. The van der Waals surface area contributed by atoms with Gasteiger partial charge in [-0.05, 0) is 62.4 Å². The number of likely N-dealkylation sites (tertiary alicyclic amines) is 2. The van der Waals surface area contributed by atoms with Gasteiger partial charge in [0.25, 0.3) is 5.91 Å². The van der Waals surface area contributed by atoms with Gasteiger partial charge in [0, 0.05) is 37.7 Å². The first-order chi connectivity index (χ1) is 15.3. The predicted molar refractivity (Wildman–Crippen MR) is 118 cm³/mol. The number of piperidine rings is 1. The smallest absolute Gasteiger partial charge is 0.254 e. The van der Waals surface area contributed by atoms with Crippen LogP contribution in [-0.4, -0.2) is 56.2 Å². The lowest BCUT2D eigenvalue weighted by Gasteiger charge is -2.33. The summed E-state index contributed by atoms with van der Waals surface area (Å²) >= 11 is 0. The van der Waals surface area contributed by atoms with Crippen molar-refractivity contribution in [3.05, 3.63) is 53.5 Å². The minimum atomic E-state index is -3.80. The van der Waals surface area contributed by atoms with Crippen molar-refractivity contribution in [3.8, 4) is 0 Å². The molecule has 2 aromatic rings. The number of amides is 2. The Morgan fingerprint density at radius 2 is 1.78 bits per heavy atom. The Morgan fingerprint density at radius 3 is 2.44 bits per heavy atom. The number of nitrogens with one attached hydrogen (secondary N) is 1. The standard InChI is InChI=1S/C23H29N3O5S/c1-17-6-7-20(32(29,30)24-16-19-5-4-14-31-19)15-21(17)23(28)26-12-8-18(9-13-26)22(27)25-10-2-3-11-25/h4-7,14-15,18,24H,2-3,8-13,16H2,1H3. The van der Waals surface area contributed by atoms with Gasteiger partial charge in [-0.25, -0.2) is 13.1 Å². The Hall–Kier alpha value is -2.65. The van der Waals surface area contributed by atoms with Crippen molar-refractivity contribution in [2.75, 3.05) is 26.2 Å². The maximum Gasteiger partial charge on any atom is 0.254 e. The third-order valence-electron chi connectivity index (χ3n) is 6.32. The van der Waals surface area contributed by atoms with Crippen LogP contribution in [0.2, 0.25) is 0 Å². The first kappa shape index (κ1) is 22.5. The number of benzene rings is 1. The molecule has 0 bridgehead atoms. The summed E-state index contributed by atoms with van der Waals surface area (Å²) < 4.78 is 33.1. The second kappa shape index (κ2) is 9.46. The molecule has 9 heteroatoms. The molecular weight excluding hydrogens is 430 g/mol. The number of carbonyl (C=O) groups is 2. The van der Waals surface area contributed by atoms with Gasteiger partial charge >= 0.3 is 0 Å². The number of nitrogens with zero attached hydrogens (tertiary/aromatic N) is 2. The van der Waals surface area contributed by atoms with E-state index < -0.39 is 10.0 Å². The molecule has 1 N–H and O–H groups in total. The number of hydrogen-bond donors (Lipinski definition) is 1. The predicted octanol–water partition coefficient (Wildman–Crippen LogP) is 2.54. The summed E-state index contributed by atoms with van der Waals surface area (Å²) in [7, 11) is -3.80. The molecule has 0 spiro atoms. The Kier molecular flexibility index (Phi) is 6.66. The molecule has 2 aliphatic rings. The maximum absolute atomic E-state index is 13.2. The molecule has 8 nitrogen and oxygen atoms in total. The number of furan rings is 1. The van der Waals surface area contributed by atoms with Crippen LogP contribution in [0.4, 0.5) is 0 Å². The Labute approximate surface area is 188 Å². The summed E-state index contributed by atoms with van der Waals surface area (Å²) in [5.41, 5.74) is 1.09. The monoisotopic (exact) mass is 459 g/mol. The van der Waals surface area contributed by atoms with E-state index in [1.165, 1.54) is 18.4 Å². The first-order valence-corrected chi connectivity index (χ1v) is 12.5. The second-order valence-corrected chi connectivity index (χ2v) is 10.2. The highest BCUT2D eigenvalue weighted by Gasteiger charge is 2.32. The highest BCUT2D eigenvalue weighted by molar-refractivity contribution is 7.89. The molecule has 172 valence electrons. The van der Waals surface area contributed by atoms with Gasteiger partial charge in [0.05, 0.1) is 17.7 Å². The van der Waals surface area contributed by atoms with Crippen molar-refractivity contribution < 1.29 is 22.4 Å². The first-order valence-electron chi connectivity index (χ1n) is 11.1. The zero-order chi connectivity index (χ0) is 22.7. The molecule has 32 heavy (non-hydrogen) atoms. The highest BCUT2D eigenvalue weighted by atomic mass is 32.2. The quantitative estimate of drug-likeness (QED) is 0.716.